The van der Waals surface area contributed by atoms with E-state index in [1.807, 2.05) is 19.1 Å². The van der Waals surface area contributed by atoms with Gasteiger partial charge in [0.25, 0.3) is 0 Å². The number of aryl methyl sites for hydroxylation is 1. The average molecular weight is 218 g/mol. The summed E-state index contributed by atoms with van der Waals surface area (Å²) in [5.41, 5.74) is 7.99. The average Bonchev–Trinajstić information content (AvgIpc) is 2.62. The molecule has 2 heterocycles. The second-order valence-corrected chi connectivity index (χ2v) is 3.60. The molecule has 2 aromatic heterocycles. The van der Waals surface area contributed by atoms with Crippen LogP contribution in [0.1, 0.15) is 17.1 Å². The first-order valence-electron chi connectivity index (χ1n) is 4.42. The van der Waals surface area contributed by atoms with E-state index in [9.17, 15) is 0 Å². The van der Waals surface area contributed by atoms with Crippen molar-refractivity contribution in [1.82, 2.24) is 14.6 Å². The van der Waals surface area contributed by atoms with Crippen molar-refractivity contribution in [2.24, 2.45) is 5.73 Å². The summed E-state index contributed by atoms with van der Waals surface area (Å²) >= 11 is 4.95. The fourth-order valence-corrected chi connectivity index (χ4v) is 1.54. The minimum Gasteiger partial charge on any atom is -0.389 e. The van der Waals surface area contributed by atoms with E-state index < -0.39 is 0 Å². The number of hydrogen-bond donors (Lipinski definition) is 1. The van der Waals surface area contributed by atoms with Crippen molar-refractivity contribution in [3.05, 3.63) is 35.8 Å². The lowest BCUT2D eigenvalue weighted by molar-refractivity contribution is 0.908. The van der Waals surface area contributed by atoms with Crippen molar-refractivity contribution < 1.29 is 0 Å². The molecule has 2 aromatic rings. The molecule has 0 saturated heterocycles. The lowest BCUT2D eigenvalue weighted by atomic mass is 10.2. The standard InChI is InChI=1S/C10H10N4S/c1-3-8-12-10-7(9(11)15)5-4-6(2)14(10)13-8/h3-5H,1H2,2H3,(H2,11,15). The van der Waals surface area contributed by atoms with E-state index in [4.69, 9.17) is 18.0 Å². The van der Waals surface area contributed by atoms with Gasteiger partial charge in [0.2, 0.25) is 0 Å². The zero-order chi connectivity index (χ0) is 11.0. The molecule has 5 heteroatoms. The number of nitrogens with two attached hydrogens (primary N) is 1. The Kier molecular flexibility index (Phi) is 2.24. The third kappa shape index (κ3) is 1.50. The molecule has 0 fully saturated rings. The Labute approximate surface area is 92.4 Å². The first-order valence-corrected chi connectivity index (χ1v) is 4.83. The van der Waals surface area contributed by atoms with Crippen molar-refractivity contribution >= 4 is 28.9 Å². The topological polar surface area (TPSA) is 56.2 Å². The van der Waals surface area contributed by atoms with Gasteiger partial charge in [0.15, 0.2) is 11.5 Å². The van der Waals surface area contributed by atoms with E-state index in [0.29, 0.717) is 16.5 Å². The zero-order valence-electron chi connectivity index (χ0n) is 8.27. The highest BCUT2D eigenvalue weighted by Gasteiger charge is 2.09. The third-order valence-corrected chi connectivity index (χ3v) is 2.36. The minimum absolute atomic E-state index is 0.322. The number of nitrogens with zero attached hydrogens (tertiary/aromatic N) is 3. The number of fused-ring (bicyclic) bond motifs is 1. The highest BCUT2D eigenvalue weighted by Crippen LogP contribution is 2.12. The van der Waals surface area contributed by atoms with Gasteiger partial charge in [-0.1, -0.05) is 18.8 Å². The van der Waals surface area contributed by atoms with Crippen LogP contribution in [0.2, 0.25) is 0 Å². The van der Waals surface area contributed by atoms with Gasteiger partial charge in [-0.3, -0.25) is 0 Å². The molecule has 0 aliphatic carbocycles. The SMILES string of the molecule is C=Cc1nc2c(C(N)=S)ccc(C)n2n1. The molecule has 4 nitrogen and oxygen atoms in total. The van der Waals surface area contributed by atoms with Crippen LogP contribution in [0.5, 0.6) is 0 Å². The Balaban J connectivity index is 2.85. The van der Waals surface area contributed by atoms with Crippen LogP contribution in [0.3, 0.4) is 0 Å². The maximum absolute atomic E-state index is 5.61. The summed E-state index contributed by atoms with van der Waals surface area (Å²) in [6.07, 6.45) is 1.59. The summed E-state index contributed by atoms with van der Waals surface area (Å²) in [4.78, 5) is 4.60. The van der Waals surface area contributed by atoms with Crippen LogP contribution in [-0.4, -0.2) is 19.6 Å². The summed E-state index contributed by atoms with van der Waals surface area (Å²) in [5.74, 6) is 0.571. The molecular formula is C10H10N4S. The second-order valence-electron chi connectivity index (χ2n) is 3.16. The monoisotopic (exact) mass is 218 g/mol. The van der Waals surface area contributed by atoms with Crippen molar-refractivity contribution in [2.45, 2.75) is 6.92 Å². The Morgan fingerprint density at radius 3 is 2.93 bits per heavy atom. The molecule has 0 bridgehead atoms. The molecule has 0 spiro atoms. The van der Waals surface area contributed by atoms with Crippen LogP contribution in [0.4, 0.5) is 0 Å². The molecule has 0 saturated carbocycles. The normalized spacial score (nSPS) is 10.5. The van der Waals surface area contributed by atoms with Gasteiger partial charge >= 0.3 is 0 Å². The molecule has 0 aromatic carbocycles. The molecular weight excluding hydrogens is 208 g/mol. The van der Waals surface area contributed by atoms with Crippen molar-refractivity contribution in [3.63, 3.8) is 0 Å². The highest BCUT2D eigenvalue weighted by molar-refractivity contribution is 7.80. The van der Waals surface area contributed by atoms with E-state index in [2.05, 4.69) is 16.7 Å². The molecule has 2 N–H and O–H groups in total. The number of rotatable bonds is 2. The van der Waals surface area contributed by atoms with E-state index in [-0.39, 0.29) is 0 Å². The molecule has 0 atom stereocenters. The number of pyridine rings is 1. The Hall–Kier alpha value is -1.75. The third-order valence-electron chi connectivity index (χ3n) is 2.14. The fourth-order valence-electron chi connectivity index (χ4n) is 1.38. The van der Waals surface area contributed by atoms with Crippen LogP contribution in [0, 0.1) is 6.92 Å². The summed E-state index contributed by atoms with van der Waals surface area (Å²) in [7, 11) is 0. The Bertz CT molecular complexity index is 556. The summed E-state index contributed by atoms with van der Waals surface area (Å²) < 4.78 is 1.71. The van der Waals surface area contributed by atoms with E-state index in [1.165, 1.54) is 0 Å². The van der Waals surface area contributed by atoms with Gasteiger partial charge in [-0.05, 0) is 25.1 Å². The Morgan fingerprint density at radius 1 is 1.60 bits per heavy atom. The largest absolute Gasteiger partial charge is 0.389 e. The van der Waals surface area contributed by atoms with Gasteiger partial charge < -0.3 is 5.73 Å². The fraction of sp³-hybridized carbons (Fsp3) is 0.100. The van der Waals surface area contributed by atoms with E-state index in [0.717, 1.165) is 11.3 Å². The lowest BCUT2D eigenvalue weighted by Crippen LogP contribution is -2.12. The minimum atomic E-state index is 0.322. The number of thiocarbonyl (C=S) groups is 1. The molecule has 0 unspecified atom stereocenters. The first kappa shape index (κ1) is 9.79. The van der Waals surface area contributed by atoms with Crippen molar-refractivity contribution in [3.8, 4) is 0 Å². The van der Waals surface area contributed by atoms with Crippen LogP contribution in [0.15, 0.2) is 18.7 Å². The maximum Gasteiger partial charge on any atom is 0.174 e. The van der Waals surface area contributed by atoms with Crippen LogP contribution < -0.4 is 5.73 Å². The van der Waals surface area contributed by atoms with Crippen molar-refractivity contribution in [2.75, 3.05) is 0 Å². The number of hydrogen-bond acceptors (Lipinski definition) is 3. The molecule has 76 valence electrons. The van der Waals surface area contributed by atoms with Crippen molar-refractivity contribution in [1.29, 1.82) is 0 Å². The van der Waals surface area contributed by atoms with Gasteiger partial charge in [0.1, 0.15) is 4.99 Å². The molecule has 0 radical (unpaired) electrons. The van der Waals surface area contributed by atoms with Gasteiger partial charge in [-0.15, -0.1) is 5.10 Å². The maximum atomic E-state index is 5.61. The molecule has 15 heavy (non-hydrogen) atoms. The van der Waals surface area contributed by atoms with E-state index >= 15 is 0 Å². The highest BCUT2D eigenvalue weighted by atomic mass is 32.1. The van der Waals surface area contributed by atoms with Crippen LogP contribution in [0.25, 0.3) is 11.7 Å². The summed E-state index contributed by atoms with van der Waals surface area (Å²) in [5, 5.41) is 4.25. The predicted molar refractivity (Wildman–Crippen MR) is 63.7 cm³/mol. The lowest BCUT2D eigenvalue weighted by Gasteiger charge is -2.02. The quantitative estimate of drug-likeness (QED) is 0.772. The van der Waals surface area contributed by atoms with E-state index in [1.54, 1.807) is 10.6 Å². The molecule has 0 amide bonds. The molecule has 0 aliphatic rings. The molecule has 0 aliphatic heterocycles. The van der Waals surface area contributed by atoms with Gasteiger partial charge in [-0.25, -0.2) is 9.50 Å². The van der Waals surface area contributed by atoms with Crippen LogP contribution >= 0.6 is 12.2 Å². The van der Waals surface area contributed by atoms with Crippen LogP contribution in [-0.2, 0) is 0 Å². The predicted octanol–water partition coefficient (Wildman–Crippen LogP) is 1.31. The zero-order valence-corrected chi connectivity index (χ0v) is 9.08. The van der Waals surface area contributed by atoms with Gasteiger partial charge in [-0.2, -0.15) is 0 Å². The van der Waals surface area contributed by atoms with Gasteiger partial charge in [0, 0.05) is 5.69 Å². The Morgan fingerprint density at radius 2 is 2.33 bits per heavy atom. The summed E-state index contributed by atoms with van der Waals surface area (Å²) in [6, 6.07) is 3.76. The first-order chi connectivity index (χ1) is 7.13. The smallest absolute Gasteiger partial charge is 0.174 e. The number of aromatic nitrogens is 3. The second kappa shape index (κ2) is 3.43. The van der Waals surface area contributed by atoms with Gasteiger partial charge in [0.05, 0.1) is 5.56 Å². The molecule has 2 rings (SSSR count). The summed E-state index contributed by atoms with van der Waals surface area (Å²) in [6.45, 7) is 5.57.